The molecule has 0 atom stereocenters. The summed E-state index contributed by atoms with van der Waals surface area (Å²) in [4.78, 5) is 11.0. The van der Waals surface area contributed by atoms with Gasteiger partial charge in [0.25, 0.3) is 0 Å². The van der Waals surface area contributed by atoms with Crippen LogP contribution in [0.15, 0.2) is 28.3 Å². The fourth-order valence-corrected chi connectivity index (χ4v) is 2.12. The van der Waals surface area contributed by atoms with E-state index in [0.717, 1.165) is 5.57 Å². The van der Waals surface area contributed by atoms with Crippen molar-refractivity contribution in [1.82, 2.24) is 0 Å². The van der Waals surface area contributed by atoms with Crippen LogP contribution in [-0.4, -0.2) is 5.78 Å². The molecule has 0 fully saturated rings. The van der Waals surface area contributed by atoms with E-state index in [9.17, 15) is 13.6 Å². The molecule has 1 aliphatic rings. The second kappa shape index (κ2) is 4.45. The van der Waals surface area contributed by atoms with Gasteiger partial charge in [-0.05, 0) is 47.0 Å². The third-order valence-corrected chi connectivity index (χ3v) is 3.21. The molecule has 0 aliphatic heterocycles. The lowest BCUT2D eigenvalue weighted by Crippen LogP contribution is -1.98. The molecule has 1 aromatic rings. The van der Waals surface area contributed by atoms with E-state index in [2.05, 4.69) is 15.9 Å². The van der Waals surface area contributed by atoms with Gasteiger partial charge in [0.05, 0.1) is 4.47 Å². The van der Waals surface area contributed by atoms with Gasteiger partial charge < -0.3 is 0 Å². The molecule has 1 nitrogen and oxygen atoms in total. The van der Waals surface area contributed by atoms with Gasteiger partial charge in [-0.1, -0.05) is 5.57 Å². The Morgan fingerprint density at radius 2 is 2.00 bits per heavy atom. The Labute approximate surface area is 100 Å². The number of ketones is 1. The highest BCUT2D eigenvalue weighted by molar-refractivity contribution is 9.10. The smallest absolute Gasteiger partial charge is 0.155 e. The molecule has 0 amide bonds. The zero-order valence-corrected chi connectivity index (χ0v) is 9.98. The number of hydrogen-bond acceptors (Lipinski definition) is 1. The molecule has 0 radical (unpaired) electrons. The summed E-state index contributed by atoms with van der Waals surface area (Å²) in [5.74, 6) is -1.12. The van der Waals surface area contributed by atoms with Crippen molar-refractivity contribution in [3.8, 4) is 0 Å². The van der Waals surface area contributed by atoms with Crippen LogP contribution in [0.4, 0.5) is 8.78 Å². The lowest BCUT2D eigenvalue weighted by atomic mass is 10.0. The Kier molecular flexibility index (Phi) is 3.19. The predicted octanol–water partition coefficient (Wildman–Crippen LogP) is 3.56. The molecule has 16 heavy (non-hydrogen) atoms. The minimum absolute atomic E-state index is 0.0234. The van der Waals surface area contributed by atoms with E-state index in [4.69, 9.17) is 0 Å². The minimum atomic E-state index is -0.583. The van der Waals surface area contributed by atoms with Gasteiger partial charge in [-0.25, -0.2) is 8.78 Å². The Bertz CT molecular complexity index is 480. The molecular formula is C12H9BrF2O. The predicted molar refractivity (Wildman–Crippen MR) is 60.1 cm³/mol. The quantitative estimate of drug-likeness (QED) is 0.760. The molecule has 84 valence electrons. The Morgan fingerprint density at radius 1 is 1.25 bits per heavy atom. The molecule has 0 saturated carbocycles. The van der Waals surface area contributed by atoms with E-state index in [1.54, 1.807) is 0 Å². The number of hydrogen-bond donors (Lipinski definition) is 0. The highest BCUT2D eigenvalue weighted by Crippen LogP contribution is 2.26. The van der Waals surface area contributed by atoms with Gasteiger partial charge in [0.2, 0.25) is 0 Å². The number of carbonyl (C=O) groups excluding carboxylic acids is 1. The number of halogens is 3. The Hall–Kier alpha value is -1.03. The van der Waals surface area contributed by atoms with Crippen LogP contribution >= 0.6 is 15.9 Å². The lowest BCUT2D eigenvalue weighted by molar-refractivity contribution is -0.114. The monoisotopic (exact) mass is 286 g/mol. The van der Waals surface area contributed by atoms with E-state index < -0.39 is 11.6 Å². The van der Waals surface area contributed by atoms with Crippen molar-refractivity contribution in [1.29, 1.82) is 0 Å². The maximum absolute atomic E-state index is 13.6. The van der Waals surface area contributed by atoms with Gasteiger partial charge in [0, 0.05) is 12.0 Å². The second-order valence-electron chi connectivity index (χ2n) is 3.77. The van der Waals surface area contributed by atoms with E-state index in [-0.39, 0.29) is 22.2 Å². The van der Waals surface area contributed by atoms with Gasteiger partial charge >= 0.3 is 0 Å². The summed E-state index contributed by atoms with van der Waals surface area (Å²) in [7, 11) is 0. The zero-order chi connectivity index (χ0) is 11.7. The van der Waals surface area contributed by atoms with Crippen LogP contribution in [0.2, 0.25) is 0 Å². The number of benzene rings is 1. The third kappa shape index (κ3) is 2.21. The number of carbonyl (C=O) groups is 1. The van der Waals surface area contributed by atoms with Crippen LogP contribution in [0, 0.1) is 11.6 Å². The second-order valence-corrected chi connectivity index (χ2v) is 4.62. The van der Waals surface area contributed by atoms with Crippen molar-refractivity contribution in [2.45, 2.75) is 19.3 Å². The average Bonchev–Trinajstić information content (AvgIpc) is 2.65. The lowest BCUT2D eigenvalue weighted by Gasteiger charge is -2.06. The van der Waals surface area contributed by atoms with Gasteiger partial charge in [-0.2, -0.15) is 0 Å². The van der Waals surface area contributed by atoms with Crippen molar-refractivity contribution >= 4 is 21.7 Å². The van der Waals surface area contributed by atoms with Crippen molar-refractivity contribution in [2.24, 2.45) is 0 Å². The van der Waals surface area contributed by atoms with Crippen LogP contribution in [0.5, 0.6) is 0 Å². The van der Waals surface area contributed by atoms with E-state index in [0.29, 0.717) is 12.8 Å². The summed E-state index contributed by atoms with van der Waals surface area (Å²) < 4.78 is 27.3. The first kappa shape index (κ1) is 11.5. The van der Waals surface area contributed by atoms with Gasteiger partial charge in [0.15, 0.2) is 5.78 Å². The summed E-state index contributed by atoms with van der Waals surface area (Å²) in [6.07, 6.45) is 2.71. The molecule has 0 aromatic heterocycles. The van der Waals surface area contributed by atoms with E-state index in [1.807, 2.05) is 0 Å². The summed E-state index contributed by atoms with van der Waals surface area (Å²) in [6, 6.07) is 2.56. The van der Waals surface area contributed by atoms with Crippen LogP contribution in [0.25, 0.3) is 0 Å². The molecule has 1 aromatic carbocycles. The fraction of sp³-hybridized carbons (Fsp3) is 0.250. The summed E-state index contributed by atoms with van der Waals surface area (Å²) in [5.41, 5.74) is 0.816. The molecule has 0 spiro atoms. The molecule has 0 bridgehead atoms. The van der Waals surface area contributed by atoms with Crippen LogP contribution in [0.3, 0.4) is 0 Å². The topological polar surface area (TPSA) is 17.1 Å². The third-order valence-electron chi connectivity index (χ3n) is 2.60. The molecule has 0 unspecified atom stereocenters. The SMILES string of the molecule is O=C1C=C(Cc2c(F)ccc(Br)c2F)CC1. The fourth-order valence-electron chi connectivity index (χ4n) is 1.75. The maximum Gasteiger partial charge on any atom is 0.155 e. The van der Waals surface area contributed by atoms with Crippen LogP contribution in [-0.2, 0) is 11.2 Å². The molecule has 0 N–H and O–H groups in total. The largest absolute Gasteiger partial charge is 0.295 e. The molecule has 4 heteroatoms. The zero-order valence-electron chi connectivity index (χ0n) is 8.40. The molecule has 2 rings (SSSR count). The van der Waals surface area contributed by atoms with Gasteiger partial charge in [0.1, 0.15) is 11.6 Å². The van der Waals surface area contributed by atoms with E-state index in [1.165, 1.54) is 18.2 Å². The first-order valence-corrected chi connectivity index (χ1v) is 5.72. The minimum Gasteiger partial charge on any atom is -0.295 e. The molecule has 0 saturated heterocycles. The average molecular weight is 287 g/mol. The van der Waals surface area contributed by atoms with Crippen LogP contribution < -0.4 is 0 Å². The first-order chi connectivity index (χ1) is 7.58. The van der Waals surface area contributed by atoms with Crippen molar-refractivity contribution in [3.05, 3.63) is 45.5 Å². The highest BCUT2D eigenvalue weighted by atomic mass is 79.9. The summed E-state index contributed by atoms with van der Waals surface area (Å²) in [6.45, 7) is 0. The summed E-state index contributed by atoms with van der Waals surface area (Å²) in [5, 5.41) is 0. The van der Waals surface area contributed by atoms with Gasteiger partial charge in [-0.15, -0.1) is 0 Å². The molecular weight excluding hydrogens is 278 g/mol. The van der Waals surface area contributed by atoms with E-state index >= 15 is 0 Å². The number of allylic oxidation sites excluding steroid dienone is 2. The van der Waals surface area contributed by atoms with Gasteiger partial charge in [-0.3, -0.25) is 4.79 Å². The van der Waals surface area contributed by atoms with Crippen molar-refractivity contribution in [3.63, 3.8) is 0 Å². The number of rotatable bonds is 2. The maximum atomic E-state index is 13.6. The van der Waals surface area contributed by atoms with Crippen LogP contribution in [0.1, 0.15) is 18.4 Å². The molecule has 1 aliphatic carbocycles. The highest BCUT2D eigenvalue weighted by Gasteiger charge is 2.17. The standard InChI is InChI=1S/C12H9BrF2O/c13-10-3-4-11(14)9(12(10)15)6-7-1-2-8(16)5-7/h3-5H,1-2,6H2. The normalized spacial score (nSPS) is 15.4. The first-order valence-electron chi connectivity index (χ1n) is 4.92. The Morgan fingerprint density at radius 3 is 2.62 bits per heavy atom. The molecule has 0 heterocycles. The summed E-state index contributed by atoms with van der Waals surface area (Å²) >= 11 is 3.01. The van der Waals surface area contributed by atoms with Crippen molar-refractivity contribution < 1.29 is 13.6 Å². The van der Waals surface area contributed by atoms with Crippen molar-refractivity contribution in [2.75, 3.05) is 0 Å². The Balaban J connectivity index is 2.31.